The Bertz CT molecular complexity index is 437. The van der Waals surface area contributed by atoms with Gasteiger partial charge in [-0.3, -0.25) is 5.10 Å². The summed E-state index contributed by atoms with van der Waals surface area (Å²) in [6, 6.07) is 6.28. The molecule has 1 heterocycles. The van der Waals surface area contributed by atoms with Crippen LogP contribution in [0.2, 0.25) is 0 Å². The number of aryl methyl sites for hydroxylation is 1. The summed E-state index contributed by atoms with van der Waals surface area (Å²) in [5.74, 6) is 0.773. The van der Waals surface area contributed by atoms with Gasteiger partial charge < -0.3 is 0 Å². The number of hydrogen-bond acceptors (Lipinski definition) is 3. The molecule has 0 bridgehead atoms. The van der Waals surface area contributed by atoms with E-state index in [-0.39, 0.29) is 0 Å². The van der Waals surface area contributed by atoms with Crippen molar-refractivity contribution in [2.45, 2.75) is 18.2 Å². The molecule has 0 radical (unpaired) electrons. The molecule has 0 saturated heterocycles. The summed E-state index contributed by atoms with van der Waals surface area (Å²) in [4.78, 5) is 5.47. The number of benzene rings is 1. The van der Waals surface area contributed by atoms with Crippen LogP contribution in [0.4, 0.5) is 0 Å². The molecule has 0 amide bonds. The van der Waals surface area contributed by atoms with Gasteiger partial charge in [0.2, 0.25) is 0 Å². The summed E-state index contributed by atoms with van der Waals surface area (Å²) >= 11 is 1.75. The van der Waals surface area contributed by atoms with Gasteiger partial charge in [0, 0.05) is 10.5 Å². The molecule has 2 aromatic rings. The first-order valence-corrected chi connectivity index (χ1v) is 6.11. The Morgan fingerprint density at radius 2 is 2.27 bits per heavy atom. The second kappa shape index (κ2) is 4.49. The number of H-pyrrole nitrogens is 1. The fourth-order valence-corrected chi connectivity index (χ4v) is 2.47. The molecule has 0 fully saturated rings. The number of aromatic nitrogens is 3. The van der Waals surface area contributed by atoms with Gasteiger partial charge in [-0.1, -0.05) is 19.1 Å². The molecule has 0 saturated carbocycles. The lowest BCUT2D eigenvalue weighted by Gasteiger charge is -2.08. The molecular formula is C11H13N3S. The second-order valence-electron chi connectivity index (χ2n) is 3.17. The first-order valence-electron chi connectivity index (χ1n) is 4.88. The van der Waals surface area contributed by atoms with Crippen LogP contribution in [0.15, 0.2) is 29.4 Å². The van der Waals surface area contributed by atoms with E-state index in [1.54, 1.807) is 18.1 Å². The molecule has 0 unspecified atom stereocenters. The van der Waals surface area contributed by atoms with E-state index in [0.29, 0.717) is 0 Å². The van der Waals surface area contributed by atoms with Crippen molar-refractivity contribution < 1.29 is 0 Å². The van der Waals surface area contributed by atoms with Gasteiger partial charge in [-0.15, -0.1) is 11.8 Å². The minimum Gasteiger partial charge on any atom is -0.265 e. The quantitative estimate of drug-likeness (QED) is 0.807. The number of aromatic amines is 1. The van der Waals surface area contributed by atoms with Crippen molar-refractivity contribution in [3.63, 3.8) is 0 Å². The van der Waals surface area contributed by atoms with Gasteiger partial charge in [-0.25, -0.2) is 4.98 Å². The fraction of sp³-hybridized carbons (Fsp3) is 0.273. The summed E-state index contributed by atoms with van der Waals surface area (Å²) in [5.41, 5.74) is 2.47. The minimum atomic E-state index is 0.773. The van der Waals surface area contributed by atoms with Crippen LogP contribution in [-0.4, -0.2) is 21.4 Å². The number of nitrogens with one attached hydrogen (secondary N) is 1. The zero-order chi connectivity index (χ0) is 10.7. The monoisotopic (exact) mass is 219 g/mol. The van der Waals surface area contributed by atoms with Gasteiger partial charge in [0.1, 0.15) is 6.33 Å². The van der Waals surface area contributed by atoms with Crippen molar-refractivity contribution in [1.82, 2.24) is 15.2 Å². The Hall–Kier alpha value is -1.29. The molecule has 0 atom stereocenters. The van der Waals surface area contributed by atoms with Crippen LogP contribution in [0.5, 0.6) is 0 Å². The van der Waals surface area contributed by atoms with Crippen molar-refractivity contribution in [3.05, 3.63) is 30.1 Å². The van der Waals surface area contributed by atoms with Crippen LogP contribution in [0.1, 0.15) is 12.5 Å². The lowest BCUT2D eigenvalue weighted by atomic mass is 10.1. The number of thioether (sulfide) groups is 1. The van der Waals surface area contributed by atoms with Crippen LogP contribution in [0.3, 0.4) is 0 Å². The number of hydrogen-bond donors (Lipinski definition) is 1. The highest BCUT2D eigenvalue weighted by Crippen LogP contribution is 2.31. The van der Waals surface area contributed by atoms with Crippen molar-refractivity contribution in [2.24, 2.45) is 0 Å². The van der Waals surface area contributed by atoms with Crippen LogP contribution in [0.25, 0.3) is 11.4 Å². The van der Waals surface area contributed by atoms with Gasteiger partial charge in [0.05, 0.1) is 0 Å². The number of nitrogens with zero attached hydrogens (tertiary/aromatic N) is 2. The summed E-state index contributed by atoms with van der Waals surface area (Å²) in [6.07, 6.45) is 4.73. The third-order valence-corrected chi connectivity index (χ3v) is 3.23. The van der Waals surface area contributed by atoms with E-state index < -0.39 is 0 Å². The van der Waals surface area contributed by atoms with E-state index in [1.807, 2.05) is 0 Å². The average Bonchev–Trinajstić information content (AvgIpc) is 2.81. The zero-order valence-corrected chi connectivity index (χ0v) is 9.64. The van der Waals surface area contributed by atoms with E-state index in [1.165, 1.54) is 10.5 Å². The molecular weight excluding hydrogens is 206 g/mol. The molecule has 0 aliphatic rings. The molecule has 4 heteroatoms. The summed E-state index contributed by atoms with van der Waals surface area (Å²) in [5, 5.41) is 6.87. The summed E-state index contributed by atoms with van der Waals surface area (Å²) in [7, 11) is 0. The highest BCUT2D eigenvalue weighted by atomic mass is 32.2. The Morgan fingerprint density at radius 3 is 2.87 bits per heavy atom. The van der Waals surface area contributed by atoms with Crippen LogP contribution >= 0.6 is 11.8 Å². The van der Waals surface area contributed by atoms with Crippen molar-refractivity contribution in [1.29, 1.82) is 0 Å². The molecule has 1 aromatic heterocycles. The highest BCUT2D eigenvalue weighted by Gasteiger charge is 2.10. The zero-order valence-electron chi connectivity index (χ0n) is 8.82. The average molecular weight is 219 g/mol. The van der Waals surface area contributed by atoms with Crippen LogP contribution in [0, 0.1) is 0 Å². The molecule has 1 N–H and O–H groups in total. The summed E-state index contributed by atoms with van der Waals surface area (Å²) in [6.45, 7) is 2.16. The standard InChI is InChI=1S/C11H13N3S/c1-3-8-5-4-6-9(10(8)15-2)11-12-7-13-14-11/h4-7H,3H2,1-2H3,(H,12,13,14). The molecule has 2 rings (SSSR count). The minimum absolute atomic E-state index is 0.773. The maximum absolute atomic E-state index is 4.19. The Labute approximate surface area is 93.3 Å². The van der Waals surface area contributed by atoms with Gasteiger partial charge in [-0.05, 0) is 24.3 Å². The molecule has 15 heavy (non-hydrogen) atoms. The topological polar surface area (TPSA) is 41.6 Å². The second-order valence-corrected chi connectivity index (χ2v) is 3.99. The van der Waals surface area contributed by atoms with E-state index in [2.05, 4.69) is 46.6 Å². The molecule has 0 spiro atoms. The van der Waals surface area contributed by atoms with Gasteiger partial charge in [0.15, 0.2) is 5.82 Å². The van der Waals surface area contributed by atoms with Crippen LogP contribution in [-0.2, 0) is 6.42 Å². The molecule has 0 aliphatic heterocycles. The third-order valence-electron chi connectivity index (χ3n) is 2.34. The third kappa shape index (κ3) is 1.90. The largest absolute Gasteiger partial charge is 0.265 e. The Kier molecular flexibility index (Phi) is 3.06. The lowest BCUT2D eigenvalue weighted by molar-refractivity contribution is 1.06. The van der Waals surface area contributed by atoms with Crippen molar-refractivity contribution in [2.75, 3.05) is 6.26 Å². The maximum Gasteiger partial charge on any atom is 0.181 e. The Morgan fingerprint density at radius 1 is 1.40 bits per heavy atom. The highest BCUT2D eigenvalue weighted by molar-refractivity contribution is 7.98. The van der Waals surface area contributed by atoms with E-state index >= 15 is 0 Å². The number of rotatable bonds is 3. The van der Waals surface area contributed by atoms with Gasteiger partial charge in [0.25, 0.3) is 0 Å². The van der Waals surface area contributed by atoms with E-state index in [9.17, 15) is 0 Å². The van der Waals surface area contributed by atoms with E-state index in [0.717, 1.165) is 17.8 Å². The first kappa shape index (κ1) is 10.2. The van der Waals surface area contributed by atoms with Crippen molar-refractivity contribution in [3.8, 4) is 11.4 Å². The van der Waals surface area contributed by atoms with Crippen LogP contribution < -0.4 is 0 Å². The first-order chi connectivity index (χ1) is 7.36. The predicted molar refractivity (Wildman–Crippen MR) is 63.0 cm³/mol. The molecule has 78 valence electrons. The Balaban J connectivity index is 2.56. The van der Waals surface area contributed by atoms with Crippen molar-refractivity contribution >= 4 is 11.8 Å². The molecule has 3 nitrogen and oxygen atoms in total. The maximum atomic E-state index is 4.19. The SMILES string of the molecule is CCc1cccc(-c2nc[nH]n2)c1SC. The summed E-state index contributed by atoms with van der Waals surface area (Å²) < 4.78 is 0. The normalized spacial score (nSPS) is 10.5. The predicted octanol–water partition coefficient (Wildman–Crippen LogP) is 2.76. The van der Waals surface area contributed by atoms with Gasteiger partial charge >= 0.3 is 0 Å². The van der Waals surface area contributed by atoms with E-state index in [4.69, 9.17) is 0 Å². The fourth-order valence-electron chi connectivity index (χ4n) is 1.62. The van der Waals surface area contributed by atoms with Gasteiger partial charge in [-0.2, -0.15) is 5.10 Å². The smallest absolute Gasteiger partial charge is 0.181 e. The molecule has 1 aromatic carbocycles. The molecule has 0 aliphatic carbocycles. The lowest BCUT2D eigenvalue weighted by Crippen LogP contribution is -1.90.